The Labute approximate surface area is 151 Å². The van der Waals surface area contributed by atoms with Gasteiger partial charge in [0.1, 0.15) is 5.15 Å². The van der Waals surface area contributed by atoms with Crippen LogP contribution in [0.15, 0.2) is 34.8 Å². The lowest BCUT2D eigenvalue weighted by Gasteiger charge is -2.09. The molecule has 1 N–H and O–H groups in total. The third-order valence-electron chi connectivity index (χ3n) is 2.74. The highest BCUT2D eigenvalue weighted by atomic mass is 79.9. The average molecular weight is 418 g/mol. The number of amides is 1. The maximum Gasteiger partial charge on any atom is 0.359 e. The van der Waals surface area contributed by atoms with Crippen molar-refractivity contribution in [1.29, 1.82) is 0 Å². The number of nitrogens with one attached hydrogen (secondary N) is 1. The lowest BCUT2D eigenvalue weighted by Crippen LogP contribution is -2.21. The number of hydrogen-bond acceptors (Lipinski definition) is 4. The monoisotopic (exact) mass is 416 g/mol. The van der Waals surface area contributed by atoms with Crippen molar-refractivity contribution in [1.82, 2.24) is 4.98 Å². The number of hydrogen-bond donors (Lipinski definition) is 1. The number of carbonyl (C=O) groups excluding carboxylic acids is 2. The summed E-state index contributed by atoms with van der Waals surface area (Å²) in [5.41, 5.74) is 1.49. The van der Waals surface area contributed by atoms with Crippen LogP contribution < -0.4 is 5.32 Å². The number of aryl methyl sites for hydroxylation is 1. The molecule has 0 unspecified atom stereocenters. The van der Waals surface area contributed by atoms with E-state index in [4.69, 9.17) is 27.9 Å². The van der Waals surface area contributed by atoms with Crippen LogP contribution in [-0.2, 0) is 9.53 Å². The normalized spacial score (nSPS) is 10.3. The molecule has 1 aromatic carbocycles. The van der Waals surface area contributed by atoms with Crippen LogP contribution in [0.1, 0.15) is 16.1 Å². The molecule has 0 aliphatic rings. The van der Waals surface area contributed by atoms with Crippen LogP contribution >= 0.6 is 39.1 Å². The first-order valence-corrected chi connectivity index (χ1v) is 7.97. The van der Waals surface area contributed by atoms with Crippen LogP contribution in [-0.4, -0.2) is 23.5 Å². The van der Waals surface area contributed by atoms with Gasteiger partial charge in [0.15, 0.2) is 12.3 Å². The van der Waals surface area contributed by atoms with Gasteiger partial charge in [0.25, 0.3) is 5.91 Å². The molecule has 1 aromatic heterocycles. The Hall–Kier alpha value is -1.63. The maximum absolute atomic E-state index is 11.9. The molecule has 0 aliphatic heterocycles. The fourth-order valence-corrected chi connectivity index (χ4v) is 2.59. The number of anilines is 1. The zero-order valence-electron chi connectivity index (χ0n) is 11.9. The summed E-state index contributed by atoms with van der Waals surface area (Å²) in [5.74, 6) is -1.31. The molecule has 0 radical (unpaired) electrons. The van der Waals surface area contributed by atoms with E-state index in [2.05, 4.69) is 26.2 Å². The molecule has 23 heavy (non-hydrogen) atoms. The molecule has 2 rings (SSSR count). The molecule has 1 heterocycles. The Kier molecular flexibility index (Phi) is 5.98. The lowest BCUT2D eigenvalue weighted by atomic mass is 10.2. The Morgan fingerprint density at radius 1 is 1.26 bits per heavy atom. The number of aromatic nitrogens is 1. The summed E-state index contributed by atoms with van der Waals surface area (Å²) in [6.07, 6.45) is 0. The third kappa shape index (κ3) is 4.92. The van der Waals surface area contributed by atoms with Crippen LogP contribution in [0.4, 0.5) is 5.69 Å². The zero-order valence-corrected chi connectivity index (χ0v) is 15.0. The van der Waals surface area contributed by atoms with Crippen molar-refractivity contribution in [2.24, 2.45) is 0 Å². The van der Waals surface area contributed by atoms with Gasteiger partial charge in [-0.05, 0) is 52.7 Å². The molecule has 0 saturated heterocycles. The summed E-state index contributed by atoms with van der Waals surface area (Å²) in [6, 6.07) is 8.33. The zero-order chi connectivity index (χ0) is 17.0. The van der Waals surface area contributed by atoms with Gasteiger partial charge in [-0.25, -0.2) is 9.78 Å². The van der Waals surface area contributed by atoms with E-state index in [1.165, 1.54) is 12.1 Å². The molecule has 120 valence electrons. The minimum Gasteiger partial charge on any atom is -0.451 e. The van der Waals surface area contributed by atoms with Crippen molar-refractivity contribution >= 4 is 56.7 Å². The number of halogens is 3. The number of benzene rings is 1. The average Bonchev–Trinajstić information content (AvgIpc) is 2.50. The molecule has 0 fully saturated rings. The van der Waals surface area contributed by atoms with E-state index in [0.29, 0.717) is 5.69 Å². The van der Waals surface area contributed by atoms with Crippen LogP contribution in [0.3, 0.4) is 0 Å². The third-order valence-corrected chi connectivity index (χ3v) is 3.91. The molecule has 0 aliphatic carbocycles. The second-order valence-corrected chi connectivity index (χ2v) is 6.22. The quantitative estimate of drug-likeness (QED) is 0.596. The number of rotatable bonds is 4. The first kappa shape index (κ1) is 17.7. The summed E-state index contributed by atoms with van der Waals surface area (Å²) >= 11 is 14.9. The first-order valence-electron chi connectivity index (χ1n) is 6.42. The standard InChI is InChI=1S/C15H11BrCl2N2O3/c1-8-2-4-11(9(16)6-8)19-13(21)7-23-15(22)14-10(17)3-5-12(18)20-14/h2-6H,7H2,1H3,(H,19,21). The van der Waals surface area contributed by atoms with Gasteiger partial charge in [-0.15, -0.1) is 0 Å². The SMILES string of the molecule is Cc1ccc(NC(=O)COC(=O)c2nc(Cl)ccc2Cl)c(Br)c1. The number of carbonyl (C=O) groups is 2. The number of ether oxygens (including phenoxy) is 1. The van der Waals surface area contributed by atoms with Gasteiger partial charge >= 0.3 is 5.97 Å². The van der Waals surface area contributed by atoms with Crippen LogP contribution in [0.2, 0.25) is 10.2 Å². The number of nitrogens with zero attached hydrogens (tertiary/aromatic N) is 1. The van der Waals surface area contributed by atoms with Gasteiger partial charge in [0.05, 0.1) is 10.7 Å². The molecule has 1 amide bonds. The van der Waals surface area contributed by atoms with Crippen LogP contribution in [0.25, 0.3) is 0 Å². The smallest absolute Gasteiger partial charge is 0.359 e. The Balaban J connectivity index is 1.96. The fraction of sp³-hybridized carbons (Fsp3) is 0.133. The first-order chi connectivity index (χ1) is 10.9. The van der Waals surface area contributed by atoms with Crippen molar-refractivity contribution in [2.45, 2.75) is 6.92 Å². The maximum atomic E-state index is 11.9. The predicted molar refractivity (Wildman–Crippen MR) is 92.0 cm³/mol. The summed E-state index contributed by atoms with van der Waals surface area (Å²) in [5, 5.41) is 2.83. The molecule has 0 spiro atoms. The van der Waals surface area contributed by atoms with E-state index in [1.807, 2.05) is 19.1 Å². The molecule has 0 bridgehead atoms. The molecule has 0 atom stereocenters. The predicted octanol–water partition coefficient (Wildman–Crippen LogP) is 4.25. The second-order valence-electron chi connectivity index (χ2n) is 4.57. The number of pyridine rings is 1. The van der Waals surface area contributed by atoms with E-state index in [0.717, 1.165) is 10.0 Å². The van der Waals surface area contributed by atoms with Gasteiger partial charge in [0.2, 0.25) is 0 Å². The fourth-order valence-electron chi connectivity index (χ4n) is 1.67. The van der Waals surface area contributed by atoms with Crippen LogP contribution in [0, 0.1) is 6.92 Å². The van der Waals surface area contributed by atoms with Crippen molar-refractivity contribution in [3.8, 4) is 0 Å². The van der Waals surface area contributed by atoms with Crippen molar-refractivity contribution in [2.75, 3.05) is 11.9 Å². The van der Waals surface area contributed by atoms with Gasteiger partial charge in [-0.3, -0.25) is 4.79 Å². The summed E-state index contributed by atoms with van der Waals surface area (Å²) in [4.78, 5) is 27.5. The minimum absolute atomic E-state index is 0.0982. The summed E-state index contributed by atoms with van der Waals surface area (Å²) in [6.45, 7) is 1.46. The highest BCUT2D eigenvalue weighted by Crippen LogP contribution is 2.23. The largest absolute Gasteiger partial charge is 0.451 e. The highest BCUT2D eigenvalue weighted by molar-refractivity contribution is 9.10. The molecule has 5 nitrogen and oxygen atoms in total. The minimum atomic E-state index is -0.823. The Morgan fingerprint density at radius 3 is 2.70 bits per heavy atom. The van der Waals surface area contributed by atoms with E-state index in [9.17, 15) is 9.59 Å². The second kappa shape index (κ2) is 7.77. The van der Waals surface area contributed by atoms with Crippen molar-refractivity contribution in [3.05, 3.63) is 56.2 Å². The summed E-state index contributed by atoms with van der Waals surface area (Å²) < 4.78 is 5.62. The van der Waals surface area contributed by atoms with E-state index < -0.39 is 18.5 Å². The Morgan fingerprint density at radius 2 is 2.00 bits per heavy atom. The van der Waals surface area contributed by atoms with E-state index in [1.54, 1.807) is 6.07 Å². The summed E-state index contributed by atoms with van der Waals surface area (Å²) in [7, 11) is 0. The van der Waals surface area contributed by atoms with Crippen molar-refractivity contribution < 1.29 is 14.3 Å². The number of esters is 1. The molecular weight excluding hydrogens is 407 g/mol. The Bertz CT molecular complexity index is 768. The molecule has 0 saturated carbocycles. The highest BCUT2D eigenvalue weighted by Gasteiger charge is 2.16. The van der Waals surface area contributed by atoms with Gasteiger partial charge in [-0.2, -0.15) is 0 Å². The lowest BCUT2D eigenvalue weighted by molar-refractivity contribution is -0.119. The topological polar surface area (TPSA) is 68.3 Å². The van der Waals surface area contributed by atoms with Crippen LogP contribution in [0.5, 0.6) is 0 Å². The van der Waals surface area contributed by atoms with Crippen molar-refractivity contribution in [3.63, 3.8) is 0 Å². The molecule has 2 aromatic rings. The molecule has 8 heteroatoms. The van der Waals surface area contributed by atoms with Gasteiger partial charge in [-0.1, -0.05) is 29.3 Å². The molecular formula is C15H11BrCl2N2O3. The van der Waals surface area contributed by atoms with E-state index >= 15 is 0 Å². The van der Waals surface area contributed by atoms with Gasteiger partial charge in [0, 0.05) is 4.47 Å². The van der Waals surface area contributed by atoms with E-state index in [-0.39, 0.29) is 15.9 Å². The van der Waals surface area contributed by atoms with Gasteiger partial charge < -0.3 is 10.1 Å².